The number of hydrogen-bond acceptors (Lipinski definition) is 4. The maximum absolute atomic E-state index is 12.1. The summed E-state index contributed by atoms with van der Waals surface area (Å²) < 4.78 is 0. The first-order valence-electron chi connectivity index (χ1n) is 7.47. The first kappa shape index (κ1) is 17.3. The number of carbonyl (C=O) groups is 1. The first-order chi connectivity index (χ1) is 11.3. The van der Waals surface area contributed by atoms with Crippen LogP contribution in [0.25, 0.3) is 0 Å². The second-order valence-corrected chi connectivity index (χ2v) is 5.70. The van der Waals surface area contributed by atoms with Gasteiger partial charge in [0.2, 0.25) is 0 Å². The van der Waals surface area contributed by atoms with Gasteiger partial charge >= 0.3 is 0 Å². The molecule has 0 unspecified atom stereocenters. The number of nitrogens with zero attached hydrogens (tertiary/aromatic N) is 2. The van der Waals surface area contributed by atoms with Crippen molar-refractivity contribution in [1.29, 1.82) is 0 Å². The molecular weight excluding hydrogens is 306 g/mol. The number of nitro benzene ring substituents is 1. The minimum absolute atomic E-state index is 0.0856. The zero-order chi connectivity index (χ0) is 17.9. The third kappa shape index (κ3) is 3.84. The van der Waals surface area contributed by atoms with E-state index in [9.17, 15) is 14.9 Å². The van der Waals surface area contributed by atoms with Crippen LogP contribution in [0, 0.1) is 30.9 Å². The van der Waals surface area contributed by atoms with Crippen LogP contribution < -0.4 is 5.43 Å². The maximum atomic E-state index is 12.1. The van der Waals surface area contributed by atoms with Crippen LogP contribution in [0.4, 0.5) is 5.69 Å². The van der Waals surface area contributed by atoms with Gasteiger partial charge in [0.15, 0.2) is 0 Å². The number of nitro groups is 1. The van der Waals surface area contributed by atoms with Crippen LogP contribution in [0.15, 0.2) is 41.5 Å². The Morgan fingerprint density at radius 1 is 1.00 bits per heavy atom. The lowest BCUT2D eigenvalue weighted by Gasteiger charge is -2.06. The predicted molar refractivity (Wildman–Crippen MR) is 93.4 cm³/mol. The van der Waals surface area contributed by atoms with Gasteiger partial charge < -0.3 is 0 Å². The Morgan fingerprint density at radius 3 is 2.25 bits per heavy atom. The van der Waals surface area contributed by atoms with Crippen molar-refractivity contribution in [3.8, 4) is 0 Å². The zero-order valence-corrected chi connectivity index (χ0v) is 14.1. The van der Waals surface area contributed by atoms with Crippen molar-refractivity contribution in [3.63, 3.8) is 0 Å². The molecule has 0 aliphatic carbocycles. The molecule has 0 saturated carbocycles. The number of hydrazone groups is 1. The van der Waals surface area contributed by atoms with Gasteiger partial charge in [-0.3, -0.25) is 14.9 Å². The molecule has 2 rings (SSSR count). The van der Waals surface area contributed by atoms with Gasteiger partial charge in [0, 0.05) is 17.2 Å². The lowest BCUT2D eigenvalue weighted by atomic mass is 10.0. The molecule has 2 aromatic carbocycles. The molecule has 0 aromatic heterocycles. The molecule has 24 heavy (non-hydrogen) atoms. The fourth-order valence-corrected chi connectivity index (χ4v) is 2.18. The molecule has 124 valence electrons. The number of aryl methyl sites for hydroxylation is 3. The lowest BCUT2D eigenvalue weighted by Crippen LogP contribution is -2.19. The SMILES string of the molecule is CC(=NNC(=O)c1ccc(C)c([N+](=O)[O-])c1)c1ccc(C)c(C)c1. The largest absolute Gasteiger partial charge is 0.273 e. The number of rotatable bonds is 4. The molecule has 0 heterocycles. The Hall–Kier alpha value is -3.02. The molecule has 0 saturated heterocycles. The molecule has 6 heteroatoms. The van der Waals surface area contributed by atoms with Crippen LogP contribution in [0.3, 0.4) is 0 Å². The zero-order valence-electron chi connectivity index (χ0n) is 14.1. The number of amides is 1. The van der Waals surface area contributed by atoms with Crippen LogP contribution in [0.2, 0.25) is 0 Å². The van der Waals surface area contributed by atoms with E-state index in [2.05, 4.69) is 10.5 Å². The summed E-state index contributed by atoms with van der Waals surface area (Å²) >= 11 is 0. The van der Waals surface area contributed by atoms with Gasteiger partial charge in [-0.2, -0.15) is 5.10 Å². The molecule has 1 N–H and O–H groups in total. The van der Waals surface area contributed by atoms with Gasteiger partial charge in [-0.25, -0.2) is 5.43 Å². The standard InChI is InChI=1S/C18H19N3O3/c1-11-5-7-15(9-13(11)3)14(4)19-20-18(22)16-8-6-12(2)17(10-16)21(23)24/h5-10H,1-4H3,(H,20,22). The van der Waals surface area contributed by atoms with Gasteiger partial charge in [0.1, 0.15) is 0 Å². The summed E-state index contributed by atoms with van der Waals surface area (Å²) in [6.45, 7) is 7.46. The number of benzene rings is 2. The summed E-state index contributed by atoms with van der Waals surface area (Å²) in [6, 6.07) is 10.3. The van der Waals surface area contributed by atoms with E-state index < -0.39 is 10.8 Å². The van der Waals surface area contributed by atoms with Gasteiger partial charge in [-0.15, -0.1) is 0 Å². The fraction of sp³-hybridized carbons (Fsp3) is 0.222. The Kier molecular flexibility index (Phi) is 5.08. The number of nitrogens with one attached hydrogen (secondary N) is 1. The topological polar surface area (TPSA) is 84.6 Å². The second kappa shape index (κ2) is 7.04. The van der Waals surface area contributed by atoms with Crippen LogP contribution in [0.1, 0.15) is 39.5 Å². The smallest absolute Gasteiger partial charge is 0.267 e. The molecule has 6 nitrogen and oxygen atoms in total. The lowest BCUT2D eigenvalue weighted by molar-refractivity contribution is -0.385. The minimum Gasteiger partial charge on any atom is -0.267 e. The van der Waals surface area contributed by atoms with Crippen LogP contribution >= 0.6 is 0 Å². The summed E-state index contributed by atoms with van der Waals surface area (Å²) in [7, 11) is 0. The summed E-state index contributed by atoms with van der Waals surface area (Å²) in [5, 5.41) is 15.0. The van der Waals surface area contributed by atoms with Crippen molar-refractivity contribution < 1.29 is 9.72 Å². The maximum Gasteiger partial charge on any atom is 0.273 e. The van der Waals surface area contributed by atoms with Crippen LogP contribution in [0.5, 0.6) is 0 Å². The molecule has 1 amide bonds. The van der Waals surface area contributed by atoms with Crippen LogP contribution in [-0.2, 0) is 0 Å². The molecule has 0 atom stereocenters. The second-order valence-electron chi connectivity index (χ2n) is 5.70. The van der Waals surface area contributed by atoms with Crippen molar-refractivity contribution in [3.05, 3.63) is 74.3 Å². The monoisotopic (exact) mass is 325 g/mol. The summed E-state index contributed by atoms with van der Waals surface area (Å²) in [6.07, 6.45) is 0. The van der Waals surface area contributed by atoms with E-state index in [4.69, 9.17) is 0 Å². The first-order valence-corrected chi connectivity index (χ1v) is 7.47. The quantitative estimate of drug-likeness (QED) is 0.529. The van der Waals surface area contributed by atoms with Crippen molar-refractivity contribution in [2.45, 2.75) is 27.7 Å². The third-order valence-corrected chi connectivity index (χ3v) is 3.92. The Morgan fingerprint density at radius 2 is 1.62 bits per heavy atom. The summed E-state index contributed by atoms with van der Waals surface area (Å²) in [4.78, 5) is 22.6. The van der Waals surface area contributed by atoms with Crippen LogP contribution in [-0.4, -0.2) is 16.5 Å². The molecule has 2 aromatic rings. The molecule has 0 aliphatic rings. The molecule has 0 fully saturated rings. The van der Waals surface area contributed by atoms with Gasteiger partial charge in [-0.05, 0) is 56.5 Å². The van der Waals surface area contributed by atoms with Crippen molar-refractivity contribution in [1.82, 2.24) is 5.43 Å². The van der Waals surface area contributed by atoms with Gasteiger partial charge in [0.05, 0.1) is 10.6 Å². The van der Waals surface area contributed by atoms with E-state index >= 15 is 0 Å². The summed E-state index contributed by atoms with van der Waals surface area (Å²) in [5.74, 6) is -0.485. The third-order valence-electron chi connectivity index (χ3n) is 3.92. The van der Waals surface area contributed by atoms with Crippen molar-refractivity contribution in [2.75, 3.05) is 0 Å². The molecule has 0 radical (unpaired) electrons. The highest BCUT2D eigenvalue weighted by Crippen LogP contribution is 2.19. The Balaban J connectivity index is 2.18. The predicted octanol–water partition coefficient (Wildman–Crippen LogP) is 3.67. The van der Waals surface area contributed by atoms with E-state index in [0.717, 1.165) is 11.1 Å². The van der Waals surface area contributed by atoms with E-state index in [0.29, 0.717) is 11.3 Å². The number of carbonyl (C=O) groups excluding carboxylic acids is 1. The van der Waals surface area contributed by atoms with E-state index in [1.165, 1.54) is 11.6 Å². The Labute approximate surface area is 140 Å². The van der Waals surface area contributed by atoms with E-state index in [-0.39, 0.29) is 11.3 Å². The molecule has 0 aliphatic heterocycles. The average molecular weight is 325 g/mol. The average Bonchev–Trinajstić information content (AvgIpc) is 2.55. The summed E-state index contributed by atoms with van der Waals surface area (Å²) in [5.41, 5.74) is 6.96. The normalized spacial score (nSPS) is 11.2. The van der Waals surface area contributed by atoms with Crippen molar-refractivity contribution in [2.24, 2.45) is 5.10 Å². The highest BCUT2D eigenvalue weighted by atomic mass is 16.6. The van der Waals surface area contributed by atoms with Gasteiger partial charge in [0.25, 0.3) is 11.6 Å². The fourth-order valence-electron chi connectivity index (χ4n) is 2.18. The van der Waals surface area contributed by atoms with E-state index in [1.54, 1.807) is 26.0 Å². The van der Waals surface area contributed by atoms with E-state index in [1.807, 2.05) is 32.0 Å². The highest BCUT2D eigenvalue weighted by molar-refractivity contribution is 6.01. The van der Waals surface area contributed by atoms with Crippen molar-refractivity contribution >= 4 is 17.3 Å². The number of hydrogen-bond donors (Lipinski definition) is 1. The Bertz CT molecular complexity index is 841. The van der Waals surface area contributed by atoms with Gasteiger partial charge in [-0.1, -0.05) is 18.2 Å². The molecule has 0 spiro atoms. The highest BCUT2D eigenvalue weighted by Gasteiger charge is 2.14. The minimum atomic E-state index is -0.504. The molecular formula is C18H19N3O3. The molecule has 0 bridgehead atoms.